The van der Waals surface area contributed by atoms with Crippen LogP contribution in [-0.2, 0) is 26.2 Å². The van der Waals surface area contributed by atoms with Crippen LogP contribution in [0, 0.1) is 20.8 Å². The van der Waals surface area contributed by atoms with E-state index in [4.69, 9.17) is 0 Å². The van der Waals surface area contributed by atoms with Gasteiger partial charge in [-0.25, -0.2) is 8.42 Å². The predicted molar refractivity (Wildman–Crippen MR) is 158 cm³/mol. The molecular formula is C32H39N3O4S. The smallest absolute Gasteiger partial charge is 0.264 e. The van der Waals surface area contributed by atoms with Gasteiger partial charge < -0.3 is 10.2 Å². The molecule has 40 heavy (non-hydrogen) atoms. The number of carbonyl (C=O) groups excluding carboxylic acids is 2. The summed E-state index contributed by atoms with van der Waals surface area (Å²) in [6.45, 7) is 7.21. The van der Waals surface area contributed by atoms with Crippen molar-refractivity contribution in [3.63, 3.8) is 0 Å². The number of anilines is 1. The molecule has 0 spiro atoms. The van der Waals surface area contributed by atoms with Gasteiger partial charge in [0.05, 0.1) is 10.6 Å². The van der Waals surface area contributed by atoms with Gasteiger partial charge in [0.25, 0.3) is 10.0 Å². The van der Waals surface area contributed by atoms with E-state index in [2.05, 4.69) is 5.32 Å². The van der Waals surface area contributed by atoms with E-state index in [1.54, 1.807) is 31.2 Å². The van der Waals surface area contributed by atoms with Gasteiger partial charge in [0, 0.05) is 12.6 Å². The molecule has 0 saturated heterocycles. The quantitative estimate of drug-likeness (QED) is 0.365. The van der Waals surface area contributed by atoms with E-state index in [0.29, 0.717) is 5.69 Å². The fraction of sp³-hybridized carbons (Fsp3) is 0.375. The van der Waals surface area contributed by atoms with Crippen molar-refractivity contribution < 1.29 is 18.0 Å². The number of nitrogens with one attached hydrogen (secondary N) is 1. The van der Waals surface area contributed by atoms with Crippen molar-refractivity contribution in [2.24, 2.45) is 0 Å². The Morgan fingerprint density at radius 3 is 2.20 bits per heavy atom. The predicted octanol–water partition coefficient (Wildman–Crippen LogP) is 5.28. The average molecular weight is 562 g/mol. The maximum absolute atomic E-state index is 14.1. The van der Waals surface area contributed by atoms with E-state index in [1.165, 1.54) is 21.3 Å². The summed E-state index contributed by atoms with van der Waals surface area (Å²) < 4.78 is 29.1. The molecule has 7 nitrogen and oxygen atoms in total. The zero-order valence-corrected chi connectivity index (χ0v) is 24.6. The first-order valence-corrected chi connectivity index (χ1v) is 15.3. The summed E-state index contributed by atoms with van der Waals surface area (Å²) in [5.41, 5.74) is 4.06. The summed E-state index contributed by atoms with van der Waals surface area (Å²) in [6.07, 6.45) is 4.01. The van der Waals surface area contributed by atoms with E-state index in [0.717, 1.165) is 47.9 Å². The molecule has 3 aromatic rings. The average Bonchev–Trinajstić information content (AvgIpc) is 3.44. The number of aryl methyl sites for hydroxylation is 3. The molecule has 0 aromatic heterocycles. The fourth-order valence-corrected chi connectivity index (χ4v) is 6.76. The standard InChI is InChI=1S/C32H39N3O4S/c1-23-18-19-30(25(3)20-23)35(40(38,39)29-16-6-5-7-17-29)22-31(36)34(21-27-13-9-8-12-24(27)2)26(4)32(37)33-28-14-10-11-15-28/h5-9,12-13,16-20,26,28H,10-11,14-15,21-22H2,1-4H3,(H,33,37)/t26-/m1/s1. The third kappa shape index (κ3) is 6.73. The Balaban J connectivity index is 1.71. The van der Waals surface area contributed by atoms with Crippen molar-refractivity contribution in [1.82, 2.24) is 10.2 Å². The highest BCUT2D eigenvalue weighted by atomic mass is 32.2. The minimum absolute atomic E-state index is 0.0975. The third-order valence-corrected chi connectivity index (χ3v) is 9.48. The lowest BCUT2D eigenvalue weighted by molar-refractivity contribution is -0.139. The second-order valence-corrected chi connectivity index (χ2v) is 12.6. The Morgan fingerprint density at radius 1 is 0.900 bits per heavy atom. The van der Waals surface area contributed by atoms with E-state index >= 15 is 0 Å². The van der Waals surface area contributed by atoms with Crippen LogP contribution in [0.2, 0.25) is 0 Å². The van der Waals surface area contributed by atoms with Crippen LogP contribution in [0.4, 0.5) is 5.69 Å². The van der Waals surface area contributed by atoms with Crippen molar-refractivity contribution in [1.29, 1.82) is 0 Å². The number of rotatable bonds is 10. The first-order chi connectivity index (χ1) is 19.1. The first-order valence-electron chi connectivity index (χ1n) is 13.9. The van der Waals surface area contributed by atoms with Gasteiger partial charge in [-0.15, -0.1) is 0 Å². The van der Waals surface area contributed by atoms with E-state index in [-0.39, 0.29) is 23.4 Å². The SMILES string of the molecule is Cc1ccc(N(CC(=O)N(Cc2ccccc2C)[C@H](C)C(=O)NC2CCCC2)S(=O)(=O)c2ccccc2)c(C)c1. The van der Waals surface area contributed by atoms with Gasteiger partial charge in [-0.3, -0.25) is 13.9 Å². The molecule has 0 unspecified atom stereocenters. The maximum atomic E-state index is 14.1. The largest absolute Gasteiger partial charge is 0.352 e. The molecule has 2 amide bonds. The minimum atomic E-state index is -4.08. The number of hydrogen-bond donors (Lipinski definition) is 1. The van der Waals surface area contributed by atoms with Crippen molar-refractivity contribution in [2.45, 2.75) is 76.9 Å². The molecule has 4 rings (SSSR count). The second kappa shape index (κ2) is 12.7. The highest BCUT2D eigenvalue weighted by Gasteiger charge is 2.34. The van der Waals surface area contributed by atoms with Crippen LogP contribution in [0.3, 0.4) is 0 Å². The van der Waals surface area contributed by atoms with Crippen LogP contribution < -0.4 is 9.62 Å². The highest BCUT2D eigenvalue weighted by Crippen LogP contribution is 2.28. The molecule has 3 aromatic carbocycles. The van der Waals surface area contributed by atoms with Gasteiger partial charge in [0.15, 0.2) is 0 Å². The Labute approximate surface area is 238 Å². The monoisotopic (exact) mass is 561 g/mol. The van der Waals surface area contributed by atoms with Crippen LogP contribution in [0.15, 0.2) is 77.7 Å². The van der Waals surface area contributed by atoms with E-state index in [9.17, 15) is 18.0 Å². The van der Waals surface area contributed by atoms with Gasteiger partial charge in [-0.05, 0) is 75.4 Å². The third-order valence-electron chi connectivity index (χ3n) is 7.70. The van der Waals surface area contributed by atoms with Crippen molar-refractivity contribution in [2.75, 3.05) is 10.8 Å². The molecule has 1 atom stereocenters. The zero-order valence-electron chi connectivity index (χ0n) is 23.8. The topological polar surface area (TPSA) is 86.8 Å². The lowest BCUT2D eigenvalue weighted by Crippen LogP contribution is -2.52. The molecule has 1 aliphatic rings. The first kappa shape index (κ1) is 29.3. The van der Waals surface area contributed by atoms with Crippen LogP contribution in [-0.4, -0.2) is 43.8 Å². The normalized spacial score (nSPS) is 14.5. The molecule has 1 aliphatic carbocycles. The summed E-state index contributed by atoms with van der Waals surface area (Å²) in [5, 5.41) is 3.11. The number of nitrogens with zero attached hydrogens (tertiary/aromatic N) is 2. The molecule has 0 heterocycles. The number of hydrogen-bond acceptors (Lipinski definition) is 4. The summed E-state index contributed by atoms with van der Waals surface area (Å²) >= 11 is 0. The zero-order chi connectivity index (χ0) is 28.9. The van der Waals surface area contributed by atoms with E-state index < -0.39 is 28.5 Å². The number of benzene rings is 3. The van der Waals surface area contributed by atoms with Crippen LogP contribution >= 0.6 is 0 Å². The maximum Gasteiger partial charge on any atom is 0.264 e. The Morgan fingerprint density at radius 2 is 1.55 bits per heavy atom. The Hall–Kier alpha value is -3.65. The number of sulfonamides is 1. The Bertz CT molecular complexity index is 1450. The number of carbonyl (C=O) groups is 2. The molecular weight excluding hydrogens is 522 g/mol. The lowest BCUT2D eigenvalue weighted by atomic mass is 10.1. The molecule has 212 valence electrons. The molecule has 1 saturated carbocycles. The van der Waals surface area contributed by atoms with Gasteiger partial charge in [0.1, 0.15) is 12.6 Å². The summed E-state index contributed by atoms with van der Waals surface area (Å²) in [5.74, 6) is -0.672. The van der Waals surface area contributed by atoms with Crippen LogP contribution in [0.1, 0.15) is 54.9 Å². The molecule has 0 radical (unpaired) electrons. The van der Waals surface area contributed by atoms with Gasteiger partial charge in [-0.2, -0.15) is 0 Å². The van der Waals surface area contributed by atoms with Crippen LogP contribution in [0.5, 0.6) is 0 Å². The molecule has 8 heteroatoms. The summed E-state index contributed by atoms with van der Waals surface area (Å²) in [6, 6.07) is 20.6. The lowest BCUT2D eigenvalue weighted by Gasteiger charge is -2.33. The van der Waals surface area contributed by atoms with Crippen molar-refractivity contribution >= 4 is 27.5 Å². The molecule has 0 aliphatic heterocycles. The summed E-state index contributed by atoms with van der Waals surface area (Å²) in [4.78, 5) is 29.1. The Kier molecular flexibility index (Phi) is 9.30. The van der Waals surface area contributed by atoms with Gasteiger partial charge in [-0.1, -0.05) is 73.0 Å². The highest BCUT2D eigenvalue weighted by molar-refractivity contribution is 7.92. The van der Waals surface area contributed by atoms with E-state index in [1.807, 2.05) is 57.2 Å². The van der Waals surface area contributed by atoms with Crippen molar-refractivity contribution in [3.05, 3.63) is 95.1 Å². The van der Waals surface area contributed by atoms with Crippen molar-refractivity contribution in [3.8, 4) is 0 Å². The molecule has 1 N–H and O–H groups in total. The van der Waals surface area contributed by atoms with Crippen LogP contribution in [0.25, 0.3) is 0 Å². The summed E-state index contributed by atoms with van der Waals surface area (Å²) in [7, 11) is -4.08. The molecule has 1 fully saturated rings. The van der Waals surface area contributed by atoms with Gasteiger partial charge in [0.2, 0.25) is 11.8 Å². The number of amides is 2. The fourth-order valence-electron chi connectivity index (χ4n) is 5.26. The molecule has 0 bridgehead atoms. The second-order valence-electron chi connectivity index (χ2n) is 10.7. The minimum Gasteiger partial charge on any atom is -0.352 e. The van der Waals surface area contributed by atoms with Gasteiger partial charge >= 0.3 is 0 Å².